The van der Waals surface area contributed by atoms with E-state index in [1.807, 2.05) is 4.57 Å². The maximum absolute atomic E-state index is 5.57. The highest BCUT2D eigenvalue weighted by Crippen LogP contribution is 2.25. The van der Waals surface area contributed by atoms with Gasteiger partial charge >= 0.3 is 0 Å². The normalized spacial score (nSPS) is 18.2. The van der Waals surface area contributed by atoms with Crippen molar-refractivity contribution < 1.29 is 4.74 Å². The van der Waals surface area contributed by atoms with Gasteiger partial charge in [-0.15, -0.1) is 5.10 Å². The Hall–Kier alpha value is -2.42. The van der Waals surface area contributed by atoms with Crippen LogP contribution in [0.25, 0.3) is 11.2 Å². The molecule has 1 atom stereocenters. The van der Waals surface area contributed by atoms with Gasteiger partial charge in [-0.05, 0) is 23.3 Å². The molecular formula is C10H12N8O. The van der Waals surface area contributed by atoms with Crippen molar-refractivity contribution in [1.82, 2.24) is 40.1 Å². The minimum Gasteiger partial charge on any atom is -0.358 e. The molecule has 1 N–H and O–H groups in total. The number of fused-ring (bicyclic) bond motifs is 1. The lowest BCUT2D eigenvalue weighted by Gasteiger charge is -2.10. The molecule has 3 aromatic rings. The Morgan fingerprint density at radius 3 is 3.05 bits per heavy atom. The van der Waals surface area contributed by atoms with Crippen molar-refractivity contribution in [2.75, 3.05) is 6.61 Å². The third kappa shape index (κ3) is 2.55. The van der Waals surface area contributed by atoms with E-state index in [-0.39, 0.29) is 6.23 Å². The van der Waals surface area contributed by atoms with E-state index in [4.69, 9.17) is 4.74 Å². The highest BCUT2D eigenvalue weighted by Gasteiger charge is 2.19. The van der Waals surface area contributed by atoms with Crippen molar-refractivity contribution in [3.8, 4) is 0 Å². The van der Waals surface area contributed by atoms with Crippen molar-refractivity contribution in [3.05, 3.63) is 25.2 Å². The van der Waals surface area contributed by atoms with Gasteiger partial charge in [0.15, 0.2) is 5.65 Å². The summed E-state index contributed by atoms with van der Waals surface area (Å²) in [6, 6.07) is 0. The zero-order valence-electron chi connectivity index (χ0n) is 10.0. The van der Waals surface area contributed by atoms with Gasteiger partial charge in [0.25, 0.3) is 0 Å². The van der Waals surface area contributed by atoms with E-state index < -0.39 is 0 Å². The number of rotatable bonds is 1. The number of hydrogen-bond donors (Lipinski definition) is 1. The highest BCUT2D eigenvalue weighted by molar-refractivity contribution is 5.68. The topological polar surface area (TPSA) is 107 Å². The van der Waals surface area contributed by atoms with Crippen molar-refractivity contribution in [3.63, 3.8) is 0 Å². The predicted molar refractivity (Wildman–Crippen MR) is 63.7 cm³/mol. The SMILES string of the molecule is c1ncc2ncn(C3CCCO3)c2n1.c1nnn[nH]1. The van der Waals surface area contributed by atoms with Crippen LogP contribution in [0.2, 0.25) is 0 Å². The van der Waals surface area contributed by atoms with E-state index in [9.17, 15) is 0 Å². The molecule has 3 aromatic heterocycles. The summed E-state index contributed by atoms with van der Waals surface area (Å²) in [5.74, 6) is 0. The Morgan fingerprint density at radius 2 is 2.37 bits per heavy atom. The summed E-state index contributed by atoms with van der Waals surface area (Å²) in [5.41, 5.74) is 1.68. The molecule has 0 amide bonds. The first-order valence-electron chi connectivity index (χ1n) is 5.86. The van der Waals surface area contributed by atoms with Crippen LogP contribution in [0.15, 0.2) is 25.2 Å². The zero-order valence-corrected chi connectivity index (χ0v) is 10.0. The van der Waals surface area contributed by atoms with Crippen LogP contribution in [0.1, 0.15) is 19.1 Å². The first-order chi connectivity index (χ1) is 9.45. The highest BCUT2D eigenvalue weighted by atomic mass is 16.5. The molecule has 9 nitrogen and oxygen atoms in total. The lowest BCUT2D eigenvalue weighted by molar-refractivity contribution is 0.0593. The molecule has 1 unspecified atom stereocenters. The van der Waals surface area contributed by atoms with E-state index in [0.29, 0.717) is 0 Å². The Kier molecular flexibility index (Phi) is 3.36. The summed E-state index contributed by atoms with van der Waals surface area (Å²) in [6.45, 7) is 0.829. The third-order valence-electron chi connectivity index (χ3n) is 2.72. The lowest BCUT2D eigenvalue weighted by atomic mass is 10.3. The van der Waals surface area contributed by atoms with Crippen LogP contribution in [0.3, 0.4) is 0 Å². The first kappa shape index (κ1) is 11.7. The number of hydrogen-bond acceptors (Lipinski definition) is 7. The van der Waals surface area contributed by atoms with Crippen LogP contribution in [-0.2, 0) is 4.74 Å². The lowest BCUT2D eigenvalue weighted by Crippen LogP contribution is -2.06. The van der Waals surface area contributed by atoms with Gasteiger partial charge in [-0.25, -0.2) is 20.1 Å². The molecule has 0 aromatic carbocycles. The molecule has 9 heteroatoms. The van der Waals surface area contributed by atoms with Crippen LogP contribution in [0.5, 0.6) is 0 Å². The first-order valence-corrected chi connectivity index (χ1v) is 5.86. The van der Waals surface area contributed by atoms with E-state index in [2.05, 4.69) is 35.6 Å². The predicted octanol–water partition coefficient (Wildman–Crippen LogP) is 0.335. The van der Waals surface area contributed by atoms with E-state index >= 15 is 0 Å². The molecule has 0 saturated carbocycles. The van der Waals surface area contributed by atoms with E-state index in [1.54, 1.807) is 12.5 Å². The summed E-state index contributed by atoms with van der Waals surface area (Å²) < 4.78 is 7.54. The quantitative estimate of drug-likeness (QED) is 0.671. The molecule has 0 radical (unpaired) electrons. The molecule has 4 heterocycles. The Morgan fingerprint density at radius 1 is 1.37 bits per heavy atom. The number of nitrogens with one attached hydrogen (secondary N) is 1. The van der Waals surface area contributed by atoms with Crippen LogP contribution in [0, 0.1) is 0 Å². The number of H-pyrrole nitrogens is 1. The third-order valence-corrected chi connectivity index (χ3v) is 2.72. The van der Waals surface area contributed by atoms with E-state index in [1.165, 1.54) is 12.7 Å². The zero-order chi connectivity index (χ0) is 12.9. The summed E-state index contributed by atoms with van der Waals surface area (Å²) in [5, 5.41) is 12.1. The molecule has 0 bridgehead atoms. The number of imidazole rings is 1. The minimum atomic E-state index is 0.106. The molecule has 1 saturated heterocycles. The Labute approximate surface area is 108 Å². The maximum Gasteiger partial charge on any atom is 0.165 e. The number of ether oxygens (including phenoxy) is 1. The van der Waals surface area contributed by atoms with Crippen LogP contribution < -0.4 is 0 Å². The number of nitrogens with zero attached hydrogens (tertiary/aromatic N) is 7. The average Bonchev–Trinajstić information content (AvgIpc) is 3.21. The largest absolute Gasteiger partial charge is 0.358 e. The fourth-order valence-corrected chi connectivity index (χ4v) is 1.90. The van der Waals surface area contributed by atoms with Crippen molar-refractivity contribution in [1.29, 1.82) is 0 Å². The van der Waals surface area contributed by atoms with Gasteiger partial charge < -0.3 is 4.74 Å². The van der Waals surface area contributed by atoms with Gasteiger partial charge in [-0.2, -0.15) is 0 Å². The van der Waals surface area contributed by atoms with Crippen LogP contribution >= 0.6 is 0 Å². The minimum absolute atomic E-state index is 0.106. The fraction of sp³-hybridized carbons (Fsp3) is 0.400. The average molecular weight is 260 g/mol. The van der Waals surface area contributed by atoms with E-state index in [0.717, 1.165) is 30.6 Å². The summed E-state index contributed by atoms with van der Waals surface area (Å²) in [4.78, 5) is 12.3. The molecule has 0 spiro atoms. The summed E-state index contributed by atoms with van der Waals surface area (Å²) >= 11 is 0. The summed E-state index contributed by atoms with van der Waals surface area (Å²) in [7, 11) is 0. The van der Waals surface area contributed by atoms with Gasteiger partial charge in [-0.3, -0.25) is 4.57 Å². The Bertz CT molecular complexity index is 598. The van der Waals surface area contributed by atoms with Crippen molar-refractivity contribution >= 4 is 11.2 Å². The van der Waals surface area contributed by atoms with Gasteiger partial charge in [0.1, 0.15) is 24.4 Å². The molecule has 4 rings (SSSR count). The second-order valence-electron chi connectivity index (χ2n) is 3.91. The molecular weight excluding hydrogens is 248 g/mol. The van der Waals surface area contributed by atoms with Crippen molar-refractivity contribution in [2.24, 2.45) is 0 Å². The standard InChI is InChI=1S/C9H10N4O.CH2N4/c1-2-8(14-3-1)13-6-12-7-4-10-5-11-9(7)13;1-2-4-5-3-1/h4-6,8H,1-3H2;1H,(H,2,3,4,5). The van der Waals surface area contributed by atoms with Gasteiger partial charge in [0.2, 0.25) is 0 Å². The number of aromatic amines is 1. The van der Waals surface area contributed by atoms with Gasteiger partial charge in [0, 0.05) is 6.61 Å². The molecule has 1 aliphatic rings. The molecule has 0 aliphatic carbocycles. The smallest absolute Gasteiger partial charge is 0.165 e. The van der Waals surface area contributed by atoms with Crippen molar-refractivity contribution in [2.45, 2.75) is 19.1 Å². The van der Waals surface area contributed by atoms with Gasteiger partial charge in [-0.1, -0.05) is 0 Å². The number of aromatic nitrogens is 8. The van der Waals surface area contributed by atoms with Crippen LogP contribution in [0.4, 0.5) is 0 Å². The Balaban J connectivity index is 0.000000187. The van der Waals surface area contributed by atoms with Gasteiger partial charge in [0.05, 0.1) is 12.5 Å². The maximum atomic E-state index is 5.57. The molecule has 19 heavy (non-hydrogen) atoms. The number of tetrazole rings is 1. The summed E-state index contributed by atoms with van der Waals surface area (Å²) in [6.07, 6.45) is 8.68. The van der Waals surface area contributed by atoms with Crippen LogP contribution in [-0.4, -0.2) is 46.8 Å². The second-order valence-corrected chi connectivity index (χ2v) is 3.91. The molecule has 1 aliphatic heterocycles. The monoisotopic (exact) mass is 260 g/mol. The second kappa shape index (κ2) is 5.48. The fourth-order valence-electron chi connectivity index (χ4n) is 1.90. The molecule has 1 fully saturated rings. The molecule has 98 valence electrons.